The van der Waals surface area contributed by atoms with Crippen LogP contribution in [0.5, 0.6) is 0 Å². The molecule has 0 atom stereocenters. The highest BCUT2D eigenvalue weighted by atomic mass is 79.9. The lowest BCUT2D eigenvalue weighted by atomic mass is 9.90. The van der Waals surface area contributed by atoms with E-state index in [1.165, 1.54) is 32.1 Å². The summed E-state index contributed by atoms with van der Waals surface area (Å²) in [5.74, 6) is 0.551. The van der Waals surface area contributed by atoms with E-state index >= 15 is 0 Å². The number of rotatable bonds is 5. The van der Waals surface area contributed by atoms with E-state index in [1.807, 2.05) is 11.4 Å². The van der Waals surface area contributed by atoms with Crippen molar-refractivity contribution < 1.29 is 9.63 Å². The molecule has 0 aromatic carbocycles. The maximum atomic E-state index is 11.6. The molecule has 1 N–H and O–H groups in total. The zero-order valence-corrected chi connectivity index (χ0v) is 12.7. The van der Waals surface area contributed by atoms with Crippen LogP contribution in [-0.2, 0) is 16.1 Å². The first-order valence-corrected chi connectivity index (χ1v) is 8.05. The number of hydrogen-bond donors (Lipinski definition) is 1. The fourth-order valence-electron chi connectivity index (χ4n) is 2.23. The second-order valence-corrected chi connectivity index (χ2v) is 6.66. The van der Waals surface area contributed by atoms with Crippen LogP contribution < -0.4 is 5.48 Å². The van der Waals surface area contributed by atoms with Gasteiger partial charge >= 0.3 is 0 Å². The average Bonchev–Trinajstić information content (AvgIpc) is 2.76. The zero-order valence-electron chi connectivity index (χ0n) is 10.3. The van der Waals surface area contributed by atoms with Crippen LogP contribution in [0.2, 0.25) is 0 Å². The number of thiophene rings is 1. The Kier molecular flexibility index (Phi) is 5.66. The Balaban J connectivity index is 1.62. The normalized spacial score (nSPS) is 16.7. The highest BCUT2D eigenvalue weighted by Crippen LogP contribution is 2.23. The Labute approximate surface area is 120 Å². The monoisotopic (exact) mass is 331 g/mol. The minimum atomic E-state index is -0.0693. The van der Waals surface area contributed by atoms with Gasteiger partial charge in [-0.25, -0.2) is 5.48 Å². The van der Waals surface area contributed by atoms with Gasteiger partial charge in [-0.3, -0.25) is 9.63 Å². The van der Waals surface area contributed by atoms with Crippen molar-refractivity contribution in [3.05, 3.63) is 20.8 Å². The van der Waals surface area contributed by atoms with E-state index in [2.05, 4.69) is 21.4 Å². The molecule has 0 spiro atoms. The van der Waals surface area contributed by atoms with E-state index in [1.54, 1.807) is 11.3 Å². The SMILES string of the molecule is O=C(Cc1cc(Br)cs1)NOCC1CCCCC1. The van der Waals surface area contributed by atoms with Crippen molar-refractivity contribution in [3.63, 3.8) is 0 Å². The predicted molar refractivity (Wildman–Crippen MR) is 76.4 cm³/mol. The molecule has 3 nitrogen and oxygen atoms in total. The van der Waals surface area contributed by atoms with Gasteiger partial charge in [0.1, 0.15) is 0 Å². The molecule has 1 aromatic heterocycles. The first-order valence-electron chi connectivity index (χ1n) is 6.37. The van der Waals surface area contributed by atoms with E-state index in [0.717, 1.165) is 9.35 Å². The van der Waals surface area contributed by atoms with E-state index in [9.17, 15) is 4.79 Å². The van der Waals surface area contributed by atoms with Crippen LogP contribution in [0.1, 0.15) is 37.0 Å². The van der Waals surface area contributed by atoms with E-state index in [-0.39, 0.29) is 5.91 Å². The predicted octanol–water partition coefficient (Wildman–Crippen LogP) is 3.68. The number of hydrogen-bond acceptors (Lipinski definition) is 3. The molecule has 5 heteroatoms. The molecular formula is C13H18BrNO2S. The number of nitrogens with one attached hydrogen (secondary N) is 1. The van der Waals surface area contributed by atoms with Crippen LogP contribution >= 0.6 is 27.3 Å². The van der Waals surface area contributed by atoms with Crippen LogP contribution in [0.15, 0.2) is 15.9 Å². The molecule has 1 saturated carbocycles. The Bertz CT molecular complexity index is 388. The Morgan fingerprint density at radius 2 is 2.22 bits per heavy atom. The molecule has 0 bridgehead atoms. The maximum absolute atomic E-state index is 11.6. The lowest BCUT2D eigenvalue weighted by Gasteiger charge is -2.20. The first kappa shape index (κ1) is 14.0. The highest BCUT2D eigenvalue weighted by molar-refractivity contribution is 9.10. The molecule has 1 aliphatic rings. The lowest BCUT2D eigenvalue weighted by Crippen LogP contribution is -2.28. The molecule has 0 unspecified atom stereocenters. The third-order valence-corrected chi connectivity index (χ3v) is 4.88. The fourth-order valence-corrected chi connectivity index (χ4v) is 3.68. The van der Waals surface area contributed by atoms with Gasteiger partial charge in [0.15, 0.2) is 0 Å². The summed E-state index contributed by atoms with van der Waals surface area (Å²) >= 11 is 4.95. The van der Waals surface area contributed by atoms with Crippen LogP contribution in [-0.4, -0.2) is 12.5 Å². The van der Waals surface area contributed by atoms with E-state index in [0.29, 0.717) is 18.9 Å². The van der Waals surface area contributed by atoms with Crippen molar-refractivity contribution in [3.8, 4) is 0 Å². The molecule has 0 saturated heterocycles. The van der Waals surface area contributed by atoms with Gasteiger partial charge in [-0.15, -0.1) is 11.3 Å². The van der Waals surface area contributed by atoms with E-state index in [4.69, 9.17) is 4.84 Å². The molecule has 1 fully saturated rings. The summed E-state index contributed by atoms with van der Waals surface area (Å²) in [5.41, 5.74) is 2.54. The van der Waals surface area contributed by atoms with Gasteiger partial charge in [0.2, 0.25) is 5.91 Å². The number of hydroxylamine groups is 1. The Morgan fingerprint density at radius 3 is 2.89 bits per heavy atom. The van der Waals surface area contributed by atoms with Crippen molar-refractivity contribution >= 4 is 33.2 Å². The summed E-state index contributed by atoms with van der Waals surface area (Å²) in [6.45, 7) is 0.653. The average molecular weight is 332 g/mol. The first-order chi connectivity index (χ1) is 8.74. The third kappa shape index (κ3) is 4.71. The smallest absolute Gasteiger partial charge is 0.248 e. The molecule has 2 rings (SSSR count). The third-order valence-electron chi connectivity index (χ3n) is 3.19. The van der Waals surface area contributed by atoms with Crippen molar-refractivity contribution in [2.24, 2.45) is 5.92 Å². The number of carbonyl (C=O) groups excluding carboxylic acids is 1. The molecule has 1 aliphatic carbocycles. The van der Waals surface area contributed by atoms with Crippen LogP contribution in [0.3, 0.4) is 0 Å². The summed E-state index contributed by atoms with van der Waals surface area (Å²) in [5, 5.41) is 1.98. The summed E-state index contributed by atoms with van der Waals surface area (Å²) in [4.78, 5) is 18.0. The number of carbonyl (C=O) groups is 1. The van der Waals surface area contributed by atoms with Gasteiger partial charge in [0.05, 0.1) is 13.0 Å². The van der Waals surface area contributed by atoms with E-state index < -0.39 is 0 Å². The van der Waals surface area contributed by atoms with Crippen molar-refractivity contribution in [1.82, 2.24) is 5.48 Å². The molecule has 1 heterocycles. The van der Waals surface area contributed by atoms with Crippen LogP contribution in [0.4, 0.5) is 0 Å². The molecule has 0 radical (unpaired) electrons. The number of halogens is 1. The highest BCUT2D eigenvalue weighted by Gasteiger charge is 2.14. The minimum absolute atomic E-state index is 0.0693. The van der Waals surface area contributed by atoms with Crippen LogP contribution in [0, 0.1) is 5.92 Å². The second kappa shape index (κ2) is 7.26. The zero-order chi connectivity index (χ0) is 12.8. The Morgan fingerprint density at radius 1 is 1.44 bits per heavy atom. The van der Waals surface area contributed by atoms with Gasteiger partial charge in [-0.1, -0.05) is 19.3 Å². The summed E-state index contributed by atoms with van der Waals surface area (Å²) in [7, 11) is 0. The quantitative estimate of drug-likeness (QED) is 0.836. The molecule has 0 aliphatic heterocycles. The lowest BCUT2D eigenvalue weighted by molar-refractivity contribution is -0.134. The standard InChI is InChI=1S/C13H18BrNO2S/c14-11-6-12(18-9-11)7-13(16)15-17-8-10-4-2-1-3-5-10/h6,9-10H,1-5,7-8H2,(H,15,16). The molecular weight excluding hydrogens is 314 g/mol. The van der Waals surface area contributed by atoms with Gasteiger partial charge < -0.3 is 0 Å². The Hall–Kier alpha value is -0.390. The molecule has 1 amide bonds. The van der Waals surface area contributed by atoms with Crippen molar-refractivity contribution in [2.45, 2.75) is 38.5 Å². The van der Waals surface area contributed by atoms with Gasteiger partial charge in [0.25, 0.3) is 0 Å². The van der Waals surface area contributed by atoms with Gasteiger partial charge in [-0.2, -0.15) is 0 Å². The minimum Gasteiger partial charge on any atom is -0.273 e. The molecule has 100 valence electrons. The maximum Gasteiger partial charge on any atom is 0.248 e. The summed E-state index contributed by atoms with van der Waals surface area (Å²) in [6.07, 6.45) is 6.79. The molecule has 1 aromatic rings. The summed E-state index contributed by atoms with van der Waals surface area (Å²) < 4.78 is 1.03. The second-order valence-electron chi connectivity index (χ2n) is 4.75. The van der Waals surface area contributed by atoms with Gasteiger partial charge in [0, 0.05) is 14.7 Å². The molecule has 18 heavy (non-hydrogen) atoms. The number of amides is 1. The van der Waals surface area contributed by atoms with Crippen molar-refractivity contribution in [2.75, 3.05) is 6.61 Å². The van der Waals surface area contributed by atoms with Crippen LogP contribution in [0.25, 0.3) is 0 Å². The largest absolute Gasteiger partial charge is 0.273 e. The van der Waals surface area contributed by atoms with Gasteiger partial charge in [-0.05, 0) is 40.8 Å². The van der Waals surface area contributed by atoms with Crippen molar-refractivity contribution in [1.29, 1.82) is 0 Å². The topological polar surface area (TPSA) is 38.3 Å². The summed E-state index contributed by atoms with van der Waals surface area (Å²) in [6, 6.07) is 1.96. The fraction of sp³-hybridized carbons (Fsp3) is 0.615.